The van der Waals surface area contributed by atoms with Crippen LogP contribution in [0.3, 0.4) is 0 Å². The second kappa shape index (κ2) is 5.18. The van der Waals surface area contributed by atoms with Gasteiger partial charge in [0.1, 0.15) is 0 Å². The summed E-state index contributed by atoms with van der Waals surface area (Å²) in [4.78, 5) is 25.2. The molecule has 0 bridgehead atoms. The second-order valence-corrected chi connectivity index (χ2v) is 6.75. The maximum atomic E-state index is 12.7. The number of aromatic nitrogens is 4. The van der Waals surface area contributed by atoms with Crippen molar-refractivity contribution in [1.29, 1.82) is 0 Å². The van der Waals surface area contributed by atoms with Crippen LogP contribution in [0.5, 0.6) is 0 Å². The molecule has 2 heterocycles. The van der Waals surface area contributed by atoms with Crippen molar-refractivity contribution in [2.75, 3.05) is 0 Å². The van der Waals surface area contributed by atoms with Gasteiger partial charge in [-0.2, -0.15) is 10.2 Å². The van der Waals surface area contributed by atoms with Gasteiger partial charge in [0.05, 0.1) is 38.1 Å². The predicted octanol–water partition coefficient (Wildman–Crippen LogP) is 0.203. The van der Waals surface area contributed by atoms with Crippen LogP contribution in [0.25, 0.3) is 10.9 Å². The van der Waals surface area contributed by atoms with Crippen molar-refractivity contribution in [1.82, 2.24) is 19.9 Å². The summed E-state index contributed by atoms with van der Waals surface area (Å²) in [6, 6.07) is 3.55. The molecule has 0 saturated heterocycles. The Morgan fingerprint density at radius 3 is 2.57 bits per heavy atom. The summed E-state index contributed by atoms with van der Waals surface area (Å²) >= 11 is 5.89. The van der Waals surface area contributed by atoms with Crippen LogP contribution in [-0.4, -0.2) is 33.5 Å². The second-order valence-electron chi connectivity index (χ2n) is 4.42. The Morgan fingerprint density at radius 2 is 1.91 bits per heavy atom. The van der Waals surface area contributed by atoms with Crippen LogP contribution >= 0.6 is 11.6 Å². The van der Waals surface area contributed by atoms with E-state index in [0.29, 0.717) is 0 Å². The molecule has 0 aliphatic rings. The fourth-order valence-electron chi connectivity index (χ4n) is 2.04. The van der Waals surface area contributed by atoms with Crippen molar-refractivity contribution in [2.45, 2.75) is 9.79 Å². The molecule has 0 aliphatic heterocycles. The summed E-state index contributed by atoms with van der Waals surface area (Å²) in [5.41, 5.74) is -2.61. The average molecular weight is 355 g/mol. The number of halogens is 1. The van der Waals surface area contributed by atoms with Gasteiger partial charge in [0.2, 0.25) is 9.84 Å². The zero-order valence-electron chi connectivity index (χ0n) is 11.1. The third kappa shape index (κ3) is 2.28. The lowest BCUT2D eigenvalue weighted by Crippen LogP contribution is -2.33. The molecule has 0 saturated carbocycles. The van der Waals surface area contributed by atoms with Crippen LogP contribution in [0.2, 0.25) is 5.02 Å². The van der Waals surface area contributed by atoms with Gasteiger partial charge in [0, 0.05) is 0 Å². The van der Waals surface area contributed by atoms with Crippen molar-refractivity contribution in [3.05, 3.63) is 56.5 Å². The summed E-state index contributed by atoms with van der Waals surface area (Å²) in [7, 11) is -4.09. The Hall–Kier alpha value is -2.72. The first-order valence-corrected chi connectivity index (χ1v) is 7.88. The van der Waals surface area contributed by atoms with E-state index in [1.165, 1.54) is 18.3 Å². The molecule has 0 unspecified atom stereocenters. The summed E-state index contributed by atoms with van der Waals surface area (Å²) < 4.78 is 25.1. The van der Waals surface area contributed by atoms with Gasteiger partial charge in [-0.05, 0) is 18.2 Å². The molecule has 2 aromatic heterocycles. The smallest absolute Gasteiger partial charge is 0.362 e. The minimum atomic E-state index is -4.09. The number of H-pyrrole nitrogens is 1. The molecule has 1 aromatic carbocycles. The van der Waals surface area contributed by atoms with Gasteiger partial charge in [0.15, 0.2) is 0 Å². The Morgan fingerprint density at radius 1 is 1.17 bits per heavy atom. The van der Waals surface area contributed by atoms with E-state index in [4.69, 9.17) is 11.6 Å². The van der Waals surface area contributed by atoms with Gasteiger partial charge in [-0.1, -0.05) is 16.3 Å². The molecule has 23 heavy (non-hydrogen) atoms. The number of hydrogen-bond acceptors (Lipinski definition) is 7. The van der Waals surface area contributed by atoms with Crippen LogP contribution < -0.4 is 11.2 Å². The molecule has 3 aromatic rings. The fraction of sp³-hybridized carbons (Fsp3) is 0. The van der Waals surface area contributed by atoms with Crippen molar-refractivity contribution < 1.29 is 13.6 Å². The zero-order valence-corrected chi connectivity index (χ0v) is 12.7. The number of sulfone groups is 1. The van der Waals surface area contributed by atoms with E-state index in [0.717, 1.165) is 12.3 Å². The standard InChI is InChI=1S/C12H7ClN4O5S/c13-7-1-2-8(23(21,22)6-3-4-14-15-5-6)10-9(7)11(18)17(20)12(19)16-10/h1-5,20H,(H,16,19). The number of benzene rings is 1. The van der Waals surface area contributed by atoms with Crippen molar-refractivity contribution in [2.24, 2.45) is 0 Å². The van der Waals surface area contributed by atoms with Gasteiger partial charge in [-0.25, -0.2) is 13.2 Å². The van der Waals surface area contributed by atoms with Crippen molar-refractivity contribution >= 4 is 32.3 Å². The Kier molecular flexibility index (Phi) is 3.42. The molecular weight excluding hydrogens is 348 g/mol. The topological polar surface area (TPSA) is 135 Å². The summed E-state index contributed by atoms with van der Waals surface area (Å²) in [5.74, 6) is 0. The van der Waals surface area contributed by atoms with Crippen molar-refractivity contribution in [3.63, 3.8) is 0 Å². The van der Waals surface area contributed by atoms with Crippen LogP contribution in [0.15, 0.2) is 50.0 Å². The molecule has 0 radical (unpaired) electrons. The zero-order chi connectivity index (χ0) is 16.8. The Bertz CT molecular complexity index is 1140. The Labute approximate surface area is 132 Å². The lowest BCUT2D eigenvalue weighted by Gasteiger charge is -2.09. The summed E-state index contributed by atoms with van der Waals surface area (Å²) in [6.45, 7) is 0. The number of nitrogens with zero attached hydrogens (tertiary/aromatic N) is 3. The van der Waals surface area contributed by atoms with E-state index < -0.39 is 21.1 Å². The first-order chi connectivity index (χ1) is 10.8. The molecule has 0 atom stereocenters. The van der Waals surface area contributed by atoms with E-state index in [1.54, 1.807) is 0 Å². The Balaban J connectivity index is 2.48. The fourth-order valence-corrected chi connectivity index (χ4v) is 3.62. The van der Waals surface area contributed by atoms with Crippen LogP contribution in [0, 0.1) is 0 Å². The number of hydrogen-bond donors (Lipinski definition) is 2. The number of nitrogens with one attached hydrogen (secondary N) is 1. The molecule has 0 amide bonds. The highest BCUT2D eigenvalue weighted by atomic mass is 35.5. The maximum Gasteiger partial charge on any atom is 0.362 e. The predicted molar refractivity (Wildman–Crippen MR) is 78.5 cm³/mol. The molecule has 9 nitrogen and oxygen atoms in total. The molecule has 118 valence electrons. The third-order valence-electron chi connectivity index (χ3n) is 3.10. The maximum absolute atomic E-state index is 12.7. The quantitative estimate of drug-likeness (QED) is 0.627. The first kappa shape index (κ1) is 15.2. The molecule has 3 rings (SSSR count). The molecule has 11 heteroatoms. The highest BCUT2D eigenvalue weighted by Crippen LogP contribution is 2.28. The average Bonchev–Trinajstić information content (AvgIpc) is 2.53. The van der Waals surface area contributed by atoms with Gasteiger partial charge in [-0.15, -0.1) is 0 Å². The lowest BCUT2D eigenvalue weighted by molar-refractivity contribution is 0.162. The van der Waals surface area contributed by atoms with E-state index in [2.05, 4.69) is 15.2 Å². The molecule has 0 fully saturated rings. The highest BCUT2D eigenvalue weighted by Gasteiger charge is 2.24. The van der Waals surface area contributed by atoms with Gasteiger partial charge in [0.25, 0.3) is 5.56 Å². The first-order valence-electron chi connectivity index (χ1n) is 6.02. The SMILES string of the molecule is O=c1[nH]c2c(S(=O)(=O)c3ccnnc3)ccc(Cl)c2c(=O)n1O. The molecular formula is C12H7ClN4O5S. The van der Waals surface area contributed by atoms with E-state index in [9.17, 15) is 23.2 Å². The molecule has 0 spiro atoms. The van der Waals surface area contributed by atoms with Crippen molar-refractivity contribution in [3.8, 4) is 0 Å². The normalized spacial score (nSPS) is 11.7. The third-order valence-corrected chi connectivity index (χ3v) is 5.20. The van der Waals surface area contributed by atoms with Crippen LogP contribution in [0.4, 0.5) is 0 Å². The minimum Gasteiger partial charge on any atom is -0.421 e. The number of fused-ring (bicyclic) bond motifs is 1. The number of rotatable bonds is 2. The van der Waals surface area contributed by atoms with Gasteiger partial charge in [-0.3, -0.25) is 4.79 Å². The minimum absolute atomic E-state index is 0.115. The largest absolute Gasteiger partial charge is 0.421 e. The van der Waals surface area contributed by atoms with Crippen LogP contribution in [0.1, 0.15) is 0 Å². The summed E-state index contributed by atoms with van der Waals surface area (Å²) in [5, 5.41) is 15.9. The van der Waals surface area contributed by atoms with E-state index in [1.807, 2.05) is 0 Å². The highest BCUT2D eigenvalue weighted by molar-refractivity contribution is 7.91. The summed E-state index contributed by atoms with van der Waals surface area (Å²) in [6.07, 6.45) is 2.22. The molecule has 2 N–H and O–H groups in total. The van der Waals surface area contributed by atoms with Gasteiger partial charge < -0.3 is 10.2 Å². The lowest BCUT2D eigenvalue weighted by atomic mass is 10.2. The number of aromatic amines is 1. The van der Waals surface area contributed by atoms with Gasteiger partial charge >= 0.3 is 5.69 Å². The van der Waals surface area contributed by atoms with E-state index in [-0.39, 0.29) is 30.4 Å². The van der Waals surface area contributed by atoms with E-state index >= 15 is 0 Å². The van der Waals surface area contributed by atoms with Crippen LogP contribution in [-0.2, 0) is 9.84 Å². The molecule has 0 aliphatic carbocycles. The monoisotopic (exact) mass is 354 g/mol.